The molecule has 0 aromatic heterocycles. The molecule has 0 aliphatic rings. The molecule has 0 heterocycles. The average Bonchev–Trinajstić information content (AvgIpc) is 3.23. The SMILES string of the molecule is N#Cc1cccc(C(=O)Nc2cc(NC(=O)c3cc(C(=O)Nc4cc(NC(=O)c5cccc(C#N)c5)cc(C(F)(F)F)c4)c(OCCN)cc3OCCN)cc(C(F)(F)F)c2)c1. The number of anilines is 4. The highest BCUT2D eigenvalue weighted by molar-refractivity contribution is 6.12. The van der Waals surface area contributed by atoms with Gasteiger partial charge in [0.2, 0.25) is 0 Å². The third-order valence-corrected chi connectivity index (χ3v) is 8.38. The molecule has 0 aliphatic carbocycles. The second kappa shape index (κ2) is 19.4. The molecule has 0 aliphatic heterocycles. The summed E-state index contributed by atoms with van der Waals surface area (Å²) in [4.78, 5) is 53.7. The molecule has 14 nitrogen and oxygen atoms in total. The number of nitriles is 2. The van der Waals surface area contributed by atoms with Crippen molar-refractivity contribution >= 4 is 46.4 Å². The van der Waals surface area contributed by atoms with Gasteiger partial charge in [0.25, 0.3) is 23.6 Å². The molecule has 0 fully saturated rings. The molecule has 4 amide bonds. The molecule has 5 aromatic carbocycles. The zero-order chi connectivity index (χ0) is 45.2. The van der Waals surface area contributed by atoms with Crippen LogP contribution in [0.3, 0.4) is 0 Å². The number of carbonyl (C=O) groups excluding carboxylic acids is 4. The summed E-state index contributed by atoms with van der Waals surface area (Å²) in [5.41, 5.74) is 6.02. The molecule has 0 radical (unpaired) electrons. The van der Waals surface area contributed by atoms with Crippen LogP contribution < -0.4 is 42.2 Å². The second-order valence-corrected chi connectivity index (χ2v) is 12.9. The van der Waals surface area contributed by atoms with E-state index in [0.29, 0.717) is 24.3 Å². The van der Waals surface area contributed by atoms with E-state index in [9.17, 15) is 56.0 Å². The lowest BCUT2D eigenvalue weighted by molar-refractivity contribution is -0.138. The predicted molar refractivity (Wildman–Crippen MR) is 213 cm³/mol. The quantitative estimate of drug-likeness (QED) is 0.0617. The molecular weight excluding hydrogens is 827 g/mol. The number of nitrogens with one attached hydrogen (secondary N) is 4. The van der Waals surface area contributed by atoms with Gasteiger partial charge >= 0.3 is 12.4 Å². The second-order valence-electron chi connectivity index (χ2n) is 12.9. The van der Waals surface area contributed by atoms with Crippen molar-refractivity contribution in [3.05, 3.63) is 142 Å². The molecule has 0 bridgehead atoms. The lowest BCUT2D eigenvalue weighted by atomic mass is 10.1. The van der Waals surface area contributed by atoms with Crippen molar-refractivity contribution < 1.29 is 55.0 Å². The Labute approximate surface area is 348 Å². The van der Waals surface area contributed by atoms with Gasteiger partial charge in [-0.2, -0.15) is 36.9 Å². The fraction of sp³-hybridized carbons (Fsp3) is 0.143. The molecule has 0 unspecified atom stereocenters. The lowest BCUT2D eigenvalue weighted by Gasteiger charge is -2.18. The fourth-order valence-corrected chi connectivity index (χ4v) is 5.63. The normalized spacial score (nSPS) is 11.1. The molecule has 0 saturated heterocycles. The van der Waals surface area contributed by atoms with Crippen LogP contribution in [0.2, 0.25) is 0 Å². The van der Waals surface area contributed by atoms with Crippen molar-refractivity contribution in [1.82, 2.24) is 0 Å². The van der Waals surface area contributed by atoms with Crippen LogP contribution in [0.4, 0.5) is 49.1 Å². The van der Waals surface area contributed by atoms with Crippen LogP contribution >= 0.6 is 0 Å². The van der Waals surface area contributed by atoms with Gasteiger partial charge in [-0.15, -0.1) is 0 Å². The minimum absolute atomic E-state index is 0.0510. The van der Waals surface area contributed by atoms with E-state index >= 15 is 0 Å². The smallest absolute Gasteiger partial charge is 0.416 e. The number of rotatable bonds is 14. The van der Waals surface area contributed by atoms with Crippen LogP contribution in [0.1, 0.15) is 63.7 Å². The number of nitrogens with zero attached hydrogens (tertiary/aromatic N) is 2. The van der Waals surface area contributed by atoms with Gasteiger partial charge in [-0.25, -0.2) is 0 Å². The number of ether oxygens (including phenoxy) is 2. The molecule has 0 spiro atoms. The maximum Gasteiger partial charge on any atom is 0.416 e. The zero-order valence-corrected chi connectivity index (χ0v) is 31.8. The molecule has 20 heteroatoms. The Morgan fingerprint density at radius 1 is 0.516 bits per heavy atom. The van der Waals surface area contributed by atoms with Gasteiger partial charge in [-0.05, 0) is 78.9 Å². The summed E-state index contributed by atoms with van der Waals surface area (Å²) < 4.78 is 95.7. The Morgan fingerprint density at radius 2 is 0.871 bits per heavy atom. The molecule has 0 atom stereocenters. The third-order valence-electron chi connectivity index (χ3n) is 8.38. The standard InChI is InChI=1S/C42H32F6N8O6/c43-41(44,45)27-13-29(53-37(57)25-5-1-3-23(11-25)21-51)17-31(15-27)55-39(59)33-19-34(36(62-10-8-50)20-35(33)61-9-7-49)40(60)56-32-16-28(42(46,47)48)14-30(18-32)54-38(58)26-6-2-4-24(12-26)22-52/h1-6,11-20H,7-10,49-50H2,(H,53,57)(H,54,58)(H,55,59)(H,56,60). The van der Waals surface area contributed by atoms with E-state index in [1.54, 1.807) is 0 Å². The minimum Gasteiger partial charge on any atom is -0.491 e. The maximum atomic E-state index is 14.1. The van der Waals surface area contributed by atoms with Gasteiger partial charge in [-0.3, -0.25) is 19.2 Å². The van der Waals surface area contributed by atoms with Crippen molar-refractivity contribution in [2.24, 2.45) is 11.5 Å². The minimum atomic E-state index is -4.97. The van der Waals surface area contributed by atoms with Crippen LogP contribution in [0, 0.1) is 22.7 Å². The summed E-state index contributed by atoms with van der Waals surface area (Å²) in [6.07, 6.45) is -9.95. The lowest BCUT2D eigenvalue weighted by Crippen LogP contribution is -2.21. The van der Waals surface area contributed by atoms with Crippen LogP contribution in [0.25, 0.3) is 0 Å². The number of amides is 4. The number of carbonyl (C=O) groups is 4. The number of halogens is 6. The van der Waals surface area contributed by atoms with Gasteiger partial charge in [0.15, 0.2) is 0 Å². The molecule has 5 rings (SSSR count). The van der Waals surface area contributed by atoms with Crippen LogP contribution in [0.5, 0.6) is 11.5 Å². The summed E-state index contributed by atoms with van der Waals surface area (Å²) in [7, 11) is 0. The largest absolute Gasteiger partial charge is 0.491 e. The first-order valence-corrected chi connectivity index (χ1v) is 18.0. The predicted octanol–water partition coefficient (Wildman–Crippen LogP) is 7.15. The van der Waals surface area contributed by atoms with E-state index in [-0.39, 0.29) is 60.1 Å². The summed E-state index contributed by atoms with van der Waals surface area (Å²) in [6, 6.07) is 20.8. The van der Waals surface area contributed by atoms with Crippen molar-refractivity contribution in [3.8, 4) is 23.6 Å². The van der Waals surface area contributed by atoms with E-state index in [2.05, 4.69) is 21.3 Å². The number of hydrogen-bond donors (Lipinski definition) is 6. The zero-order valence-electron chi connectivity index (χ0n) is 31.8. The van der Waals surface area contributed by atoms with Crippen LogP contribution in [-0.2, 0) is 12.4 Å². The molecule has 8 N–H and O–H groups in total. The highest BCUT2D eigenvalue weighted by Gasteiger charge is 2.33. The van der Waals surface area contributed by atoms with Gasteiger partial charge in [-0.1, -0.05) is 12.1 Å². The summed E-state index contributed by atoms with van der Waals surface area (Å²) in [5, 5.41) is 27.5. The fourth-order valence-electron chi connectivity index (χ4n) is 5.63. The summed E-state index contributed by atoms with van der Waals surface area (Å²) in [6.45, 7) is -0.605. The molecule has 5 aromatic rings. The summed E-state index contributed by atoms with van der Waals surface area (Å²) in [5.74, 6) is -4.61. The Morgan fingerprint density at radius 3 is 1.19 bits per heavy atom. The number of benzene rings is 5. The van der Waals surface area contributed by atoms with E-state index in [1.807, 2.05) is 12.1 Å². The van der Waals surface area contributed by atoms with Crippen LogP contribution in [0.15, 0.2) is 97.1 Å². The van der Waals surface area contributed by atoms with Gasteiger partial charge in [0.1, 0.15) is 24.7 Å². The van der Waals surface area contributed by atoms with E-state index in [0.717, 1.165) is 24.3 Å². The van der Waals surface area contributed by atoms with E-state index in [1.165, 1.54) is 48.5 Å². The molecular formula is C42H32F6N8O6. The first-order valence-electron chi connectivity index (χ1n) is 18.0. The van der Waals surface area contributed by atoms with Crippen LogP contribution in [-0.4, -0.2) is 49.9 Å². The van der Waals surface area contributed by atoms with Gasteiger partial charge in [0, 0.05) is 53.0 Å². The summed E-state index contributed by atoms with van der Waals surface area (Å²) >= 11 is 0. The monoisotopic (exact) mass is 858 g/mol. The first kappa shape index (κ1) is 45.1. The number of hydrogen-bond acceptors (Lipinski definition) is 10. The topological polar surface area (TPSA) is 234 Å². The highest BCUT2D eigenvalue weighted by atomic mass is 19.4. The Balaban J connectivity index is 1.52. The molecule has 318 valence electrons. The van der Waals surface area contributed by atoms with E-state index < -0.39 is 81.0 Å². The van der Waals surface area contributed by atoms with Gasteiger partial charge < -0.3 is 42.2 Å². The van der Waals surface area contributed by atoms with Crippen molar-refractivity contribution in [2.45, 2.75) is 12.4 Å². The van der Waals surface area contributed by atoms with Crippen molar-refractivity contribution in [3.63, 3.8) is 0 Å². The highest BCUT2D eigenvalue weighted by Crippen LogP contribution is 2.37. The number of nitrogens with two attached hydrogens (primary N) is 2. The molecule has 62 heavy (non-hydrogen) atoms. The Bertz CT molecular complexity index is 2450. The molecule has 0 saturated carbocycles. The van der Waals surface area contributed by atoms with Crippen molar-refractivity contribution in [1.29, 1.82) is 10.5 Å². The maximum absolute atomic E-state index is 14.1. The van der Waals surface area contributed by atoms with Gasteiger partial charge in [0.05, 0.1) is 45.5 Å². The van der Waals surface area contributed by atoms with Crippen molar-refractivity contribution in [2.75, 3.05) is 47.6 Å². The first-order chi connectivity index (χ1) is 29.4. The Kier molecular flexibility index (Phi) is 14.1. The van der Waals surface area contributed by atoms with E-state index in [4.69, 9.17) is 20.9 Å². The third kappa shape index (κ3) is 11.6. The number of alkyl halides is 6. The Hall–Kier alpha value is -7.94. The average molecular weight is 859 g/mol.